The van der Waals surface area contributed by atoms with Crippen molar-refractivity contribution in [3.8, 4) is 11.1 Å². The Balaban J connectivity index is 0.00000562. The van der Waals surface area contributed by atoms with Gasteiger partial charge in [0.2, 0.25) is 0 Å². The minimum atomic E-state index is -5.40. The molecular weight excluding hydrogens is 898 g/mol. The number of halogens is 13. The van der Waals surface area contributed by atoms with E-state index in [1.165, 1.54) is 17.8 Å². The third-order valence-corrected chi connectivity index (χ3v) is 7.57. The van der Waals surface area contributed by atoms with E-state index in [0.29, 0.717) is 0 Å². The second-order valence-corrected chi connectivity index (χ2v) is 10.6. The number of benzene rings is 3. The quantitative estimate of drug-likeness (QED) is 0.121. The van der Waals surface area contributed by atoms with Crippen molar-refractivity contribution in [2.75, 3.05) is 0 Å². The van der Waals surface area contributed by atoms with Gasteiger partial charge in [-0.05, 0) is 59.2 Å². The molecule has 1 aromatic heterocycles. The zero-order chi connectivity index (χ0) is 36.4. The Labute approximate surface area is 287 Å². The topological polar surface area (TPSA) is 76.5 Å². The summed E-state index contributed by atoms with van der Waals surface area (Å²) in [5, 5.41) is -4.19. The van der Waals surface area contributed by atoms with Crippen LogP contribution in [-0.4, -0.2) is 28.3 Å². The van der Waals surface area contributed by atoms with Crippen molar-refractivity contribution in [2.24, 2.45) is 4.99 Å². The van der Waals surface area contributed by atoms with E-state index in [1.54, 1.807) is 0 Å². The number of rotatable bonds is 2. The van der Waals surface area contributed by atoms with Crippen molar-refractivity contribution < 1.29 is 87.5 Å². The van der Waals surface area contributed by atoms with Crippen LogP contribution in [0.5, 0.6) is 0 Å². The summed E-state index contributed by atoms with van der Waals surface area (Å²) in [5.41, 5.74) is -14.1. The average Bonchev–Trinajstić information content (AvgIpc) is 3.01. The first-order valence-corrected chi connectivity index (χ1v) is 13.4. The first-order valence-electron chi connectivity index (χ1n) is 12.9. The van der Waals surface area contributed by atoms with Crippen molar-refractivity contribution in [3.05, 3.63) is 103 Å². The SMILES string of the molecule is O=C=C1C(c2cc(C(F)(F)F)cc(C(F)(F)F)c2)=c2c(=C=O)c(=C=O)c3c(-c4cc(C(F)(F)F)cc(C(F)(F)F)c4)ccnc3c2=NC1Cl.[Re]. The minimum absolute atomic E-state index is 0. The molecule has 0 fully saturated rings. The van der Waals surface area contributed by atoms with Crippen molar-refractivity contribution in [1.29, 1.82) is 0 Å². The van der Waals surface area contributed by atoms with Crippen molar-refractivity contribution in [2.45, 2.75) is 30.2 Å². The number of fused-ring (bicyclic) bond motifs is 3. The zero-order valence-corrected chi connectivity index (χ0v) is 27.1. The Morgan fingerprint density at radius 3 is 1.46 bits per heavy atom. The van der Waals surface area contributed by atoms with Crippen LogP contribution in [0.15, 0.2) is 59.2 Å². The van der Waals surface area contributed by atoms with Gasteiger partial charge in [0.05, 0.1) is 49.1 Å². The van der Waals surface area contributed by atoms with Crippen LogP contribution in [0.1, 0.15) is 27.8 Å². The van der Waals surface area contributed by atoms with Crippen LogP contribution in [-0.2, 0) is 59.5 Å². The number of pyridine rings is 1. The molecule has 0 saturated carbocycles. The molecule has 0 amide bonds. The smallest absolute Gasteiger partial charge is 0.257 e. The maximum absolute atomic E-state index is 13.8. The fourth-order valence-corrected chi connectivity index (χ4v) is 5.49. The number of hydrogen-bond donors (Lipinski definition) is 0. The van der Waals surface area contributed by atoms with Crippen molar-refractivity contribution in [1.82, 2.24) is 4.98 Å². The molecular formula is C31H9ClF12N2O3Re. The molecule has 50 heavy (non-hydrogen) atoms. The predicted molar refractivity (Wildman–Crippen MR) is 145 cm³/mol. The molecule has 0 saturated heterocycles. The van der Waals surface area contributed by atoms with Crippen LogP contribution in [0.25, 0.3) is 27.6 Å². The molecule has 5 nitrogen and oxygen atoms in total. The largest absolute Gasteiger partial charge is 0.416 e. The van der Waals surface area contributed by atoms with Gasteiger partial charge in [-0.3, -0.25) is 9.98 Å². The number of aromatic nitrogens is 1. The Morgan fingerprint density at radius 2 is 1.06 bits per heavy atom. The van der Waals surface area contributed by atoms with E-state index in [-0.39, 0.29) is 56.8 Å². The molecule has 5 rings (SSSR count). The summed E-state index contributed by atoms with van der Waals surface area (Å²) >= 11 is 6.20. The molecule has 2 heterocycles. The summed E-state index contributed by atoms with van der Waals surface area (Å²) in [6, 6.07) is 1.37. The number of hydrogen-bond acceptors (Lipinski definition) is 5. The Morgan fingerprint density at radius 1 is 0.620 bits per heavy atom. The Bertz CT molecular complexity index is 2370. The van der Waals surface area contributed by atoms with E-state index in [0.717, 1.165) is 12.3 Å². The molecule has 0 aliphatic carbocycles. The second kappa shape index (κ2) is 13.0. The first-order chi connectivity index (χ1) is 22.6. The summed E-state index contributed by atoms with van der Waals surface area (Å²) in [4.78, 5) is 44.8. The van der Waals surface area contributed by atoms with Crippen molar-refractivity contribution >= 4 is 45.9 Å². The molecule has 19 heteroatoms. The van der Waals surface area contributed by atoms with Gasteiger partial charge in [-0.15, -0.1) is 0 Å². The second-order valence-electron chi connectivity index (χ2n) is 10.2. The van der Waals surface area contributed by atoms with Gasteiger partial charge in [0.15, 0.2) is 5.50 Å². The van der Waals surface area contributed by atoms with Gasteiger partial charge in [-0.2, -0.15) is 52.7 Å². The van der Waals surface area contributed by atoms with Crippen molar-refractivity contribution in [3.63, 3.8) is 0 Å². The fourth-order valence-electron chi connectivity index (χ4n) is 5.24. The predicted octanol–water partition coefficient (Wildman–Crippen LogP) is 5.14. The number of alkyl halides is 13. The van der Waals surface area contributed by atoms with E-state index < -0.39 is 112 Å². The monoisotopic (exact) mass is 907 g/mol. The third kappa shape index (κ3) is 6.79. The average molecular weight is 907 g/mol. The zero-order valence-electron chi connectivity index (χ0n) is 23.6. The Hall–Kier alpha value is -4.54. The fraction of sp³-hybridized carbons (Fsp3) is 0.161. The van der Waals surface area contributed by atoms with E-state index in [4.69, 9.17) is 11.6 Å². The standard InChI is InChI=1S/C31H9ClF12N2O3.Re/c32-27-21(11-49)22(13-5-16(30(39,40)41)8-17(6-13)31(42,43)44)24-20(10-48)19(9-47)23-18(1-2-45-25(23)26(24)46-27)12-3-14(28(33,34)35)7-15(4-12)29(36,37)38;/h1-8,27H;. The number of carbonyl (C=O) groups excluding carboxylic acids is 3. The van der Waals surface area contributed by atoms with Gasteiger partial charge in [0, 0.05) is 42.8 Å². The summed E-state index contributed by atoms with van der Waals surface area (Å²) < 4.78 is 165. The maximum Gasteiger partial charge on any atom is 0.416 e. The van der Waals surface area contributed by atoms with E-state index in [9.17, 15) is 67.1 Å². The van der Waals surface area contributed by atoms with Crippen LogP contribution in [0.2, 0.25) is 0 Å². The summed E-state index contributed by atoms with van der Waals surface area (Å²) in [7, 11) is 0. The van der Waals surface area contributed by atoms with Gasteiger partial charge in [-0.25, -0.2) is 14.4 Å². The van der Waals surface area contributed by atoms with E-state index in [2.05, 4.69) is 9.98 Å². The third-order valence-electron chi connectivity index (χ3n) is 7.25. The van der Waals surface area contributed by atoms with Crippen LogP contribution in [0.4, 0.5) is 52.7 Å². The van der Waals surface area contributed by atoms with Gasteiger partial charge < -0.3 is 0 Å². The van der Waals surface area contributed by atoms with Gasteiger partial charge >= 0.3 is 24.7 Å². The summed E-state index contributed by atoms with van der Waals surface area (Å²) in [6.45, 7) is 0. The molecule has 1 radical (unpaired) electrons. The minimum Gasteiger partial charge on any atom is -0.257 e. The maximum atomic E-state index is 13.8. The molecule has 1 aliphatic rings. The molecule has 0 bridgehead atoms. The summed E-state index contributed by atoms with van der Waals surface area (Å²) in [6.07, 6.45) is -20.6. The molecule has 1 aliphatic heterocycles. The molecule has 0 N–H and O–H groups in total. The van der Waals surface area contributed by atoms with Crippen LogP contribution in [0, 0.1) is 0 Å². The van der Waals surface area contributed by atoms with Crippen LogP contribution in [0.3, 0.4) is 0 Å². The van der Waals surface area contributed by atoms with E-state index in [1.807, 2.05) is 0 Å². The van der Waals surface area contributed by atoms with E-state index >= 15 is 0 Å². The molecule has 4 aromatic rings. The number of nitrogens with zero attached hydrogens (tertiary/aromatic N) is 2. The molecule has 1 unspecified atom stereocenters. The first kappa shape index (κ1) is 38.3. The van der Waals surface area contributed by atoms with Gasteiger partial charge in [0.1, 0.15) is 17.8 Å². The molecule has 3 aromatic carbocycles. The molecule has 0 spiro atoms. The van der Waals surface area contributed by atoms with Crippen LogP contribution < -0.4 is 21.0 Å². The molecule has 259 valence electrons. The van der Waals surface area contributed by atoms with Gasteiger partial charge in [0.25, 0.3) is 0 Å². The van der Waals surface area contributed by atoms with Gasteiger partial charge in [-0.1, -0.05) is 11.6 Å². The molecule has 1 atom stereocenters. The Kier molecular flexibility index (Phi) is 9.93. The van der Waals surface area contributed by atoms with Crippen LogP contribution >= 0.6 is 11.6 Å². The normalized spacial score (nSPS) is 15.0. The summed E-state index contributed by atoms with van der Waals surface area (Å²) in [5.74, 6) is 3.78.